The minimum atomic E-state index is -3.07. The molecule has 1 aromatic rings. The molecule has 0 fully saturated rings. The van der Waals surface area contributed by atoms with Gasteiger partial charge in [0.2, 0.25) is 0 Å². The average Bonchev–Trinajstić information content (AvgIpc) is 2.40. The van der Waals surface area contributed by atoms with Crippen LogP contribution in [0.2, 0.25) is 0 Å². The van der Waals surface area contributed by atoms with E-state index in [1.54, 1.807) is 0 Å². The van der Waals surface area contributed by atoms with E-state index in [0.717, 1.165) is 11.1 Å². The summed E-state index contributed by atoms with van der Waals surface area (Å²) in [5.74, 6) is 0.249. The van der Waals surface area contributed by atoms with Gasteiger partial charge in [0, 0.05) is 17.7 Å². The maximum Gasteiger partial charge on any atom is 0.150 e. The Balaban J connectivity index is 2.99. The Labute approximate surface area is 121 Å². The Kier molecular flexibility index (Phi) is 6.17. The molecule has 3 N–H and O–H groups in total. The topological polar surface area (TPSA) is 80.4 Å². The van der Waals surface area contributed by atoms with Gasteiger partial charge >= 0.3 is 0 Å². The first kappa shape index (κ1) is 17.1. The molecule has 0 aliphatic carbocycles. The van der Waals surface area contributed by atoms with E-state index in [9.17, 15) is 13.5 Å². The van der Waals surface area contributed by atoms with E-state index < -0.39 is 15.3 Å². The molecule has 1 rings (SSSR count). The van der Waals surface area contributed by atoms with Crippen LogP contribution >= 0.6 is 0 Å². The zero-order chi connectivity index (χ0) is 15.2. The predicted molar refractivity (Wildman–Crippen MR) is 82.6 cm³/mol. The first-order valence-electron chi connectivity index (χ1n) is 6.97. The second kappa shape index (κ2) is 7.20. The molecule has 0 saturated heterocycles. The van der Waals surface area contributed by atoms with Gasteiger partial charge < -0.3 is 10.8 Å². The molecule has 0 aliphatic heterocycles. The molecule has 0 spiro atoms. The van der Waals surface area contributed by atoms with E-state index in [2.05, 4.69) is 0 Å². The maximum atomic E-state index is 11.9. The average molecular weight is 299 g/mol. The lowest BCUT2D eigenvalue weighted by Gasteiger charge is -2.31. The number of aliphatic hydroxyl groups excluding tert-OH is 1. The van der Waals surface area contributed by atoms with Crippen molar-refractivity contribution < 1.29 is 13.5 Å². The molecule has 1 aromatic carbocycles. The van der Waals surface area contributed by atoms with Gasteiger partial charge in [-0.3, -0.25) is 0 Å². The molecule has 0 radical (unpaired) electrons. The van der Waals surface area contributed by atoms with Crippen molar-refractivity contribution in [3.05, 3.63) is 35.4 Å². The van der Waals surface area contributed by atoms with Crippen molar-refractivity contribution in [2.45, 2.75) is 32.1 Å². The summed E-state index contributed by atoms with van der Waals surface area (Å²) in [6.07, 6.45) is 0.966. The molecule has 0 heterocycles. The smallest absolute Gasteiger partial charge is 0.150 e. The molecule has 114 valence electrons. The van der Waals surface area contributed by atoms with E-state index in [1.165, 1.54) is 0 Å². The van der Waals surface area contributed by atoms with Gasteiger partial charge in [-0.15, -0.1) is 0 Å². The van der Waals surface area contributed by atoms with Crippen LogP contribution in [0.1, 0.15) is 30.9 Å². The maximum absolute atomic E-state index is 11.9. The number of nitrogens with two attached hydrogens (primary N) is 1. The highest BCUT2D eigenvalue weighted by molar-refractivity contribution is 7.91. The fraction of sp³-hybridized carbons (Fsp3) is 0.600. The zero-order valence-corrected chi connectivity index (χ0v) is 13.1. The summed E-state index contributed by atoms with van der Waals surface area (Å²) < 4.78 is 23.8. The van der Waals surface area contributed by atoms with Gasteiger partial charge in [-0.1, -0.05) is 36.8 Å². The molecule has 0 amide bonds. The Bertz CT molecular complexity index is 522. The van der Waals surface area contributed by atoms with Gasteiger partial charge in [-0.05, 0) is 25.3 Å². The van der Waals surface area contributed by atoms with Gasteiger partial charge in [-0.25, -0.2) is 8.42 Å². The van der Waals surface area contributed by atoms with Crippen molar-refractivity contribution in [1.29, 1.82) is 0 Å². The second-order valence-electron chi connectivity index (χ2n) is 5.41. The Morgan fingerprint density at radius 3 is 2.50 bits per heavy atom. The van der Waals surface area contributed by atoms with Crippen molar-refractivity contribution in [3.63, 3.8) is 0 Å². The largest absolute Gasteiger partial charge is 0.395 e. The van der Waals surface area contributed by atoms with E-state index in [4.69, 9.17) is 5.73 Å². The third kappa shape index (κ3) is 4.30. The molecule has 20 heavy (non-hydrogen) atoms. The van der Waals surface area contributed by atoms with Crippen LogP contribution in [-0.2, 0) is 15.3 Å². The molecular formula is C15H25NO3S. The molecule has 0 saturated carbocycles. The monoisotopic (exact) mass is 299 g/mol. The normalized spacial score (nSPS) is 15.0. The van der Waals surface area contributed by atoms with Gasteiger partial charge in [-0.2, -0.15) is 0 Å². The molecule has 0 aliphatic rings. The van der Waals surface area contributed by atoms with Crippen LogP contribution < -0.4 is 5.73 Å². The number of benzene rings is 1. The van der Waals surface area contributed by atoms with Crippen molar-refractivity contribution in [3.8, 4) is 0 Å². The lowest BCUT2D eigenvalue weighted by molar-refractivity contribution is 0.193. The number of rotatable bonds is 8. The molecule has 1 atom stereocenters. The van der Waals surface area contributed by atoms with Gasteiger partial charge in [0.05, 0.1) is 12.4 Å². The summed E-state index contributed by atoms with van der Waals surface area (Å²) >= 11 is 0. The van der Waals surface area contributed by atoms with Crippen LogP contribution in [0, 0.1) is 6.92 Å². The van der Waals surface area contributed by atoms with Gasteiger partial charge in [0.25, 0.3) is 0 Å². The summed E-state index contributed by atoms with van der Waals surface area (Å²) in [5.41, 5.74) is 7.16. The van der Waals surface area contributed by atoms with E-state index in [1.807, 2.05) is 38.1 Å². The van der Waals surface area contributed by atoms with E-state index in [-0.39, 0.29) is 24.7 Å². The molecule has 5 heteroatoms. The fourth-order valence-electron chi connectivity index (χ4n) is 2.34. The number of hydrogen-bond acceptors (Lipinski definition) is 4. The minimum absolute atomic E-state index is 0.0620. The molecule has 0 bridgehead atoms. The summed E-state index contributed by atoms with van der Waals surface area (Å²) in [6.45, 7) is 3.90. The molecule has 1 unspecified atom stereocenters. The highest BCUT2D eigenvalue weighted by Gasteiger charge is 2.31. The Morgan fingerprint density at radius 1 is 1.30 bits per heavy atom. The third-order valence-corrected chi connectivity index (χ3v) is 5.59. The minimum Gasteiger partial charge on any atom is -0.395 e. The fourth-order valence-corrected chi connectivity index (χ4v) is 3.87. The SMILES string of the molecule is CCCS(=O)(=O)CCC(CN)(CO)c1cccc(C)c1. The van der Waals surface area contributed by atoms with Crippen LogP contribution in [0.5, 0.6) is 0 Å². The van der Waals surface area contributed by atoms with E-state index in [0.29, 0.717) is 12.8 Å². The van der Waals surface area contributed by atoms with Crippen molar-refractivity contribution >= 4 is 9.84 Å². The Morgan fingerprint density at radius 2 is 2.00 bits per heavy atom. The number of aliphatic hydroxyl groups is 1. The molecule has 0 aromatic heterocycles. The highest BCUT2D eigenvalue weighted by Crippen LogP contribution is 2.28. The first-order chi connectivity index (χ1) is 9.39. The summed E-state index contributed by atoms with van der Waals surface area (Å²) in [7, 11) is -3.07. The standard InChI is InChI=1S/C15H25NO3S/c1-3-8-20(18,19)9-7-15(11-16,12-17)14-6-4-5-13(2)10-14/h4-6,10,17H,3,7-9,11-12,16H2,1-2H3. The van der Waals surface area contributed by atoms with Crippen LogP contribution in [0.4, 0.5) is 0 Å². The van der Waals surface area contributed by atoms with Crippen molar-refractivity contribution in [1.82, 2.24) is 0 Å². The third-order valence-electron chi connectivity index (χ3n) is 3.73. The number of aryl methyl sites for hydroxylation is 1. The van der Waals surface area contributed by atoms with Crippen LogP contribution in [0.3, 0.4) is 0 Å². The van der Waals surface area contributed by atoms with Crippen LogP contribution in [-0.4, -0.2) is 38.2 Å². The lowest BCUT2D eigenvalue weighted by Crippen LogP contribution is -2.40. The van der Waals surface area contributed by atoms with Crippen LogP contribution in [0.15, 0.2) is 24.3 Å². The van der Waals surface area contributed by atoms with E-state index >= 15 is 0 Å². The van der Waals surface area contributed by atoms with Gasteiger partial charge in [0.15, 0.2) is 0 Å². The van der Waals surface area contributed by atoms with Crippen molar-refractivity contribution in [2.75, 3.05) is 24.7 Å². The van der Waals surface area contributed by atoms with Crippen LogP contribution in [0.25, 0.3) is 0 Å². The van der Waals surface area contributed by atoms with Crippen molar-refractivity contribution in [2.24, 2.45) is 5.73 Å². The predicted octanol–water partition coefficient (Wildman–Crippen LogP) is 1.40. The second-order valence-corrected chi connectivity index (χ2v) is 7.72. The summed E-state index contributed by atoms with van der Waals surface area (Å²) in [5, 5.41) is 9.77. The first-order valence-corrected chi connectivity index (χ1v) is 8.80. The number of sulfone groups is 1. The lowest BCUT2D eigenvalue weighted by atomic mass is 9.78. The van der Waals surface area contributed by atoms with Gasteiger partial charge in [0.1, 0.15) is 9.84 Å². The quantitative estimate of drug-likeness (QED) is 0.760. The zero-order valence-electron chi connectivity index (χ0n) is 12.3. The molecular weight excluding hydrogens is 274 g/mol. The summed E-state index contributed by atoms with van der Waals surface area (Å²) in [6, 6.07) is 7.75. The summed E-state index contributed by atoms with van der Waals surface area (Å²) in [4.78, 5) is 0. The highest BCUT2D eigenvalue weighted by atomic mass is 32.2. The Hall–Kier alpha value is -0.910. The number of hydrogen-bond donors (Lipinski definition) is 2. The molecule has 4 nitrogen and oxygen atoms in total.